The lowest BCUT2D eigenvalue weighted by Gasteiger charge is -2.35. The zero-order chi connectivity index (χ0) is 15.3. The number of nitrogens with zero attached hydrogens (tertiary/aromatic N) is 3. The molecule has 1 amide bonds. The first kappa shape index (κ1) is 16.4. The first-order valence-corrected chi connectivity index (χ1v) is 8.96. The van der Waals surface area contributed by atoms with Gasteiger partial charge in [-0.3, -0.25) is 14.7 Å². The van der Waals surface area contributed by atoms with Crippen LogP contribution >= 0.6 is 0 Å². The fraction of sp³-hybridized carbons (Fsp3) is 0.846. The van der Waals surface area contributed by atoms with Gasteiger partial charge in [-0.15, -0.1) is 0 Å². The standard InChI is InChI=1S/C13H24N4O3S/c1-12(18)15-5-6-16-7-9-17(10-8-16)21(19,20)13-3-2-4-14-11-13/h11,13H,2-10H2,1H3,(H,15,18). The largest absolute Gasteiger partial charge is 0.355 e. The van der Waals surface area contributed by atoms with Crippen LogP contribution in [-0.2, 0) is 14.8 Å². The van der Waals surface area contributed by atoms with Gasteiger partial charge >= 0.3 is 0 Å². The second-order valence-electron chi connectivity index (χ2n) is 5.50. The SMILES string of the molecule is CC(=O)NCCN1CCN(S(=O)(=O)C2C=NCCC2)CC1. The van der Waals surface area contributed by atoms with Crippen LogP contribution in [0.2, 0.25) is 0 Å². The highest BCUT2D eigenvalue weighted by atomic mass is 32.2. The van der Waals surface area contributed by atoms with Gasteiger partial charge in [0.2, 0.25) is 15.9 Å². The maximum Gasteiger partial charge on any atom is 0.222 e. The molecule has 2 aliphatic heterocycles. The Labute approximate surface area is 126 Å². The molecule has 2 aliphatic rings. The molecule has 120 valence electrons. The molecule has 1 fully saturated rings. The summed E-state index contributed by atoms with van der Waals surface area (Å²) in [6.45, 7) is 6.07. The van der Waals surface area contributed by atoms with E-state index in [-0.39, 0.29) is 5.91 Å². The van der Waals surface area contributed by atoms with Gasteiger partial charge in [0, 0.05) is 59.0 Å². The van der Waals surface area contributed by atoms with E-state index >= 15 is 0 Å². The third-order valence-corrected chi connectivity index (χ3v) is 6.13. The van der Waals surface area contributed by atoms with Crippen molar-refractivity contribution in [2.75, 3.05) is 45.8 Å². The lowest BCUT2D eigenvalue weighted by molar-refractivity contribution is -0.119. The van der Waals surface area contributed by atoms with Crippen molar-refractivity contribution >= 4 is 22.1 Å². The molecular weight excluding hydrogens is 292 g/mol. The molecule has 7 nitrogen and oxygen atoms in total. The van der Waals surface area contributed by atoms with E-state index < -0.39 is 15.3 Å². The van der Waals surface area contributed by atoms with Crippen molar-refractivity contribution in [2.45, 2.75) is 25.0 Å². The third kappa shape index (κ3) is 4.49. The smallest absolute Gasteiger partial charge is 0.222 e. The van der Waals surface area contributed by atoms with Gasteiger partial charge in [0.1, 0.15) is 5.25 Å². The summed E-state index contributed by atoms with van der Waals surface area (Å²) < 4.78 is 26.6. The molecule has 0 saturated carbocycles. The number of carbonyl (C=O) groups is 1. The minimum absolute atomic E-state index is 0.0344. The molecule has 1 saturated heterocycles. The molecule has 0 spiro atoms. The summed E-state index contributed by atoms with van der Waals surface area (Å²) in [5.74, 6) is -0.0344. The Hall–Kier alpha value is -0.990. The maximum atomic E-state index is 12.5. The second-order valence-corrected chi connectivity index (χ2v) is 7.66. The average Bonchev–Trinajstić information content (AvgIpc) is 2.48. The highest BCUT2D eigenvalue weighted by molar-refractivity contribution is 7.90. The predicted molar refractivity (Wildman–Crippen MR) is 82.0 cm³/mol. The second kappa shape index (κ2) is 7.33. The van der Waals surface area contributed by atoms with E-state index in [0.717, 1.165) is 19.5 Å². The van der Waals surface area contributed by atoms with Gasteiger partial charge in [-0.1, -0.05) is 0 Å². The van der Waals surface area contributed by atoms with E-state index in [1.54, 1.807) is 10.5 Å². The minimum Gasteiger partial charge on any atom is -0.355 e. The van der Waals surface area contributed by atoms with E-state index in [1.165, 1.54) is 6.92 Å². The first-order valence-electron chi connectivity index (χ1n) is 7.46. The van der Waals surface area contributed by atoms with E-state index in [1.807, 2.05) is 0 Å². The van der Waals surface area contributed by atoms with Crippen LogP contribution in [0.1, 0.15) is 19.8 Å². The number of rotatable bonds is 5. The molecule has 1 N–H and O–H groups in total. The summed E-state index contributed by atoms with van der Waals surface area (Å²) in [6, 6.07) is 0. The molecule has 0 bridgehead atoms. The lowest BCUT2D eigenvalue weighted by atomic mass is 10.2. The highest BCUT2D eigenvalue weighted by Gasteiger charge is 2.33. The molecule has 0 aromatic rings. The van der Waals surface area contributed by atoms with Crippen molar-refractivity contribution in [3.63, 3.8) is 0 Å². The molecule has 1 unspecified atom stereocenters. The van der Waals surface area contributed by atoms with Crippen LogP contribution in [0.5, 0.6) is 0 Å². The topological polar surface area (TPSA) is 82.1 Å². The van der Waals surface area contributed by atoms with Gasteiger partial charge in [-0.05, 0) is 12.8 Å². The summed E-state index contributed by atoms with van der Waals surface area (Å²) >= 11 is 0. The molecule has 1 atom stereocenters. The quantitative estimate of drug-likeness (QED) is 0.727. The number of carbonyl (C=O) groups excluding carboxylic acids is 1. The molecule has 2 rings (SSSR count). The van der Waals surface area contributed by atoms with Crippen LogP contribution in [-0.4, -0.2) is 80.8 Å². The van der Waals surface area contributed by atoms with Gasteiger partial charge in [-0.25, -0.2) is 8.42 Å². The van der Waals surface area contributed by atoms with E-state index in [4.69, 9.17) is 0 Å². The highest BCUT2D eigenvalue weighted by Crippen LogP contribution is 2.17. The van der Waals surface area contributed by atoms with Crippen molar-refractivity contribution < 1.29 is 13.2 Å². The van der Waals surface area contributed by atoms with Crippen molar-refractivity contribution in [3.8, 4) is 0 Å². The maximum absolute atomic E-state index is 12.5. The van der Waals surface area contributed by atoms with Crippen LogP contribution in [0.25, 0.3) is 0 Å². The van der Waals surface area contributed by atoms with Gasteiger partial charge < -0.3 is 5.32 Å². The van der Waals surface area contributed by atoms with Crippen molar-refractivity contribution in [1.29, 1.82) is 0 Å². The van der Waals surface area contributed by atoms with Crippen LogP contribution in [0.3, 0.4) is 0 Å². The van der Waals surface area contributed by atoms with Crippen LogP contribution in [0.15, 0.2) is 4.99 Å². The molecule has 8 heteroatoms. The number of aliphatic imine (C=N–C) groups is 1. The Morgan fingerprint density at radius 3 is 2.62 bits per heavy atom. The Bertz CT molecular complexity index is 484. The van der Waals surface area contributed by atoms with Gasteiger partial charge in [0.05, 0.1) is 0 Å². The van der Waals surface area contributed by atoms with Crippen molar-refractivity contribution in [3.05, 3.63) is 0 Å². The third-order valence-electron chi connectivity index (χ3n) is 3.92. The van der Waals surface area contributed by atoms with Gasteiger partial charge in [0.25, 0.3) is 0 Å². The molecule has 21 heavy (non-hydrogen) atoms. The fourth-order valence-corrected chi connectivity index (χ4v) is 4.42. The molecule has 0 aromatic heterocycles. The zero-order valence-electron chi connectivity index (χ0n) is 12.5. The number of nitrogens with one attached hydrogen (secondary N) is 1. The monoisotopic (exact) mass is 316 g/mol. The first-order chi connectivity index (χ1) is 10.00. The molecule has 0 radical (unpaired) electrons. The zero-order valence-corrected chi connectivity index (χ0v) is 13.3. The summed E-state index contributed by atoms with van der Waals surface area (Å²) in [5, 5.41) is 2.31. The van der Waals surface area contributed by atoms with E-state index in [2.05, 4.69) is 15.2 Å². The van der Waals surface area contributed by atoms with Crippen molar-refractivity contribution in [1.82, 2.24) is 14.5 Å². The Morgan fingerprint density at radius 2 is 2.05 bits per heavy atom. The predicted octanol–water partition coefficient (Wildman–Crippen LogP) is -0.697. The molecular formula is C13H24N4O3S. The average molecular weight is 316 g/mol. The van der Waals surface area contributed by atoms with Crippen LogP contribution in [0.4, 0.5) is 0 Å². The number of piperazine rings is 1. The number of sulfonamides is 1. The molecule has 0 aromatic carbocycles. The Kier molecular flexibility index (Phi) is 5.72. The summed E-state index contributed by atoms with van der Waals surface area (Å²) in [4.78, 5) is 17.1. The molecule has 2 heterocycles. The Morgan fingerprint density at radius 1 is 1.33 bits per heavy atom. The van der Waals surface area contributed by atoms with Gasteiger partial charge in [-0.2, -0.15) is 4.31 Å². The number of hydrogen-bond donors (Lipinski definition) is 1. The normalized spacial score (nSPS) is 24.9. The molecule has 0 aliphatic carbocycles. The summed E-state index contributed by atoms with van der Waals surface area (Å²) in [6.07, 6.45) is 3.12. The van der Waals surface area contributed by atoms with E-state index in [9.17, 15) is 13.2 Å². The van der Waals surface area contributed by atoms with Gasteiger partial charge in [0.15, 0.2) is 0 Å². The minimum atomic E-state index is -3.25. The van der Waals surface area contributed by atoms with E-state index in [0.29, 0.717) is 39.1 Å². The van der Waals surface area contributed by atoms with Crippen molar-refractivity contribution in [2.24, 2.45) is 4.99 Å². The fourth-order valence-electron chi connectivity index (χ4n) is 2.67. The summed E-state index contributed by atoms with van der Waals surface area (Å²) in [7, 11) is -3.25. The van der Waals surface area contributed by atoms with Crippen LogP contribution in [0, 0.1) is 0 Å². The Balaban J connectivity index is 1.81. The lowest BCUT2D eigenvalue weighted by Crippen LogP contribution is -2.52. The number of amides is 1. The summed E-state index contributed by atoms with van der Waals surface area (Å²) in [5.41, 5.74) is 0. The van der Waals surface area contributed by atoms with Crippen LogP contribution < -0.4 is 5.32 Å². The number of hydrogen-bond acceptors (Lipinski definition) is 5.